The Kier molecular flexibility index (Phi) is 7.49. The third-order valence-corrected chi connectivity index (χ3v) is 7.35. The minimum Gasteiger partial charge on any atom is -0.370 e. The van der Waals surface area contributed by atoms with Crippen LogP contribution in [0.3, 0.4) is 0 Å². The highest BCUT2D eigenvalue weighted by atomic mass is 32.1. The first kappa shape index (κ1) is 25.1. The van der Waals surface area contributed by atoms with E-state index in [0.29, 0.717) is 6.42 Å². The summed E-state index contributed by atoms with van der Waals surface area (Å²) < 4.78 is 0. The first-order valence-corrected chi connectivity index (χ1v) is 12.5. The number of carbonyl (C=O) groups excluding carboxylic acids is 4. The molecule has 3 atom stereocenters. The van der Waals surface area contributed by atoms with Crippen molar-refractivity contribution in [3.63, 3.8) is 0 Å². The van der Waals surface area contributed by atoms with Gasteiger partial charge in [0.2, 0.25) is 23.6 Å². The van der Waals surface area contributed by atoms with Crippen LogP contribution >= 0.6 is 11.3 Å². The Morgan fingerprint density at radius 3 is 2.22 bits per heavy atom. The molecule has 6 N–H and O–H groups in total. The van der Waals surface area contributed by atoms with Crippen LogP contribution in [0.1, 0.15) is 35.6 Å². The highest BCUT2D eigenvalue weighted by Crippen LogP contribution is 2.53. The maximum Gasteiger partial charge on any atom is 0.247 e. The van der Waals surface area contributed by atoms with Crippen LogP contribution in [-0.2, 0) is 25.6 Å². The summed E-state index contributed by atoms with van der Waals surface area (Å²) in [7, 11) is 0. The molecule has 4 rings (SSSR count). The standard InChI is InChI=1S/C27H28N4O4S/c28-23(32)12-13-24(33)31-27(16-20(27)22-7-4-14-36-22)26(35)30-21(25(29)34)15-17-8-10-19(11-9-17)18-5-2-1-3-6-18/h1-11,14,20-21H,12-13,15-16H2,(H2,28,32)(H2,29,34)(H,30,35)(H,31,33)/t20-,21+,27+/m1/s1. The van der Waals surface area contributed by atoms with E-state index in [1.165, 1.54) is 11.3 Å². The van der Waals surface area contributed by atoms with Gasteiger partial charge in [0.25, 0.3) is 0 Å². The van der Waals surface area contributed by atoms with Gasteiger partial charge in [0, 0.05) is 30.1 Å². The molecule has 2 aromatic carbocycles. The third-order valence-electron chi connectivity index (χ3n) is 6.36. The molecule has 0 spiro atoms. The molecule has 0 bridgehead atoms. The second kappa shape index (κ2) is 10.7. The molecule has 186 valence electrons. The zero-order valence-corrected chi connectivity index (χ0v) is 20.4. The zero-order valence-electron chi connectivity index (χ0n) is 19.6. The molecule has 1 aliphatic carbocycles. The minimum absolute atomic E-state index is 0.115. The lowest BCUT2D eigenvalue weighted by molar-refractivity contribution is -0.132. The summed E-state index contributed by atoms with van der Waals surface area (Å²) in [5.41, 5.74) is 12.5. The van der Waals surface area contributed by atoms with Gasteiger partial charge in [-0.25, -0.2) is 0 Å². The molecule has 4 amide bonds. The highest BCUT2D eigenvalue weighted by Gasteiger charge is 2.62. The SMILES string of the molecule is NC(=O)CCC(=O)N[C@@]1(C(=O)N[C@@H](Cc2ccc(-c3ccccc3)cc2)C(N)=O)C[C@@H]1c1cccs1. The van der Waals surface area contributed by atoms with E-state index in [1.807, 2.05) is 72.1 Å². The number of hydrogen-bond donors (Lipinski definition) is 4. The Hall–Kier alpha value is -3.98. The third kappa shape index (κ3) is 5.80. The number of benzene rings is 2. The summed E-state index contributed by atoms with van der Waals surface area (Å²) >= 11 is 1.49. The van der Waals surface area contributed by atoms with E-state index in [4.69, 9.17) is 11.5 Å². The average Bonchev–Trinajstić information content (AvgIpc) is 3.32. The van der Waals surface area contributed by atoms with Crippen LogP contribution in [0.25, 0.3) is 11.1 Å². The Morgan fingerprint density at radius 2 is 1.61 bits per heavy atom. The summed E-state index contributed by atoms with van der Waals surface area (Å²) in [5, 5.41) is 7.45. The predicted molar refractivity (Wildman–Crippen MR) is 138 cm³/mol. The number of amides is 4. The molecule has 1 saturated carbocycles. The summed E-state index contributed by atoms with van der Waals surface area (Å²) in [4.78, 5) is 50.2. The summed E-state index contributed by atoms with van der Waals surface area (Å²) in [6, 6.07) is 20.4. The van der Waals surface area contributed by atoms with Crippen LogP contribution in [0, 0.1) is 0 Å². The predicted octanol–water partition coefficient (Wildman–Crippen LogP) is 2.24. The van der Waals surface area contributed by atoms with Crippen molar-refractivity contribution in [2.24, 2.45) is 11.5 Å². The van der Waals surface area contributed by atoms with Gasteiger partial charge in [-0.2, -0.15) is 0 Å². The number of primary amides is 2. The van der Waals surface area contributed by atoms with Gasteiger partial charge in [0.05, 0.1) is 0 Å². The van der Waals surface area contributed by atoms with Crippen molar-refractivity contribution < 1.29 is 19.2 Å². The van der Waals surface area contributed by atoms with Gasteiger partial charge in [-0.1, -0.05) is 60.7 Å². The van der Waals surface area contributed by atoms with Crippen LogP contribution in [0.4, 0.5) is 0 Å². The van der Waals surface area contributed by atoms with E-state index in [-0.39, 0.29) is 25.2 Å². The van der Waals surface area contributed by atoms with Gasteiger partial charge in [-0.05, 0) is 34.6 Å². The summed E-state index contributed by atoms with van der Waals surface area (Å²) in [5.74, 6) is -2.41. The van der Waals surface area contributed by atoms with Crippen molar-refractivity contribution >= 4 is 35.0 Å². The normalized spacial score (nSPS) is 19.2. The Balaban J connectivity index is 1.47. The van der Waals surface area contributed by atoms with Crippen molar-refractivity contribution in [1.82, 2.24) is 10.6 Å². The van der Waals surface area contributed by atoms with E-state index in [9.17, 15) is 19.2 Å². The number of carbonyl (C=O) groups is 4. The maximum atomic E-state index is 13.4. The molecule has 0 aliphatic heterocycles. The lowest BCUT2D eigenvalue weighted by atomic mass is 10.00. The van der Waals surface area contributed by atoms with Crippen molar-refractivity contribution in [3.8, 4) is 11.1 Å². The number of nitrogens with two attached hydrogens (primary N) is 2. The van der Waals surface area contributed by atoms with Gasteiger partial charge in [0.15, 0.2) is 0 Å². The molecule has 0 radical (unpaired) electrons. The number of thiophene rings is 1. The van der Waals surface area contributed by atoms with E-state index in [1.54, 1.807) is 0 Å². The number of hydrogen-bond acceptors (Lipinski definition) is 5. The van der Waals surface area contributed by atoms with Gasteiger partial charge in [-0.15, -0.1) is 11.3 Å². The van der Waals surface area contributed by atoms with Crippen molar-refractivity contribution in [2.75, 3.05) is 0 Å². The smallest absolute Gasteiger partial charge is 0.247 e. The molecule has 0 unspecified atom stereocenters. The molecular weight excluding hydrogens is 476 g/mol. The Morgan fingerprint density at radius 1 is 0.917 bits per heavy atom. The summed E-state index contributed by atoms with van der Waals surface area (Å²) in [6.07, 6.45) is 0.370. The maximum absolute atomic E-state index is 13.4. The van der Waals surface area contributed by atoms with Gasteiger partial charge < -0.3 is 22.1 Å². The Bertz CT molecular complexity index is 1240. The molecule has 0 saturated heterocycles. The fourth-order valence-corrected chi connectivity index (χ4v) is 5.22. The van der Waals surface area contributed by atoms with Gasteiger partial charge in [-0.3, -0.25) is 19.2 Å². The van der Waals surface area contributed by atoms with E-state index >= 15 is 0 Å². The molecule has 1 fully saturated rings. The minimum atomic E-state index is -1.20. The monoisotopic (exact) mass is 504 g/mol. The van der Waals surface area contributed by atoms with Crippen LogP contribution in [0.2, 0.25) is 0 Å². The quantitative estimate of drug-likeness (QED) is 0.317. The van der Waals surface area contributed by atoms with Crippen LogP contribution < -0.4 is 22.1 Å². The zero-order chi connectivity index (χ0) is 25.7. The second-order valence-electron chi connectivity index (χ2n) is 8.95. The Labute approximate surface area is 213 Å². The number of nitrogens with one attached hydrogen (secondary N) is 2. The number of rotatable bonds is 11. The van der Waals surface area contributed by atoms with Crippen LogP contribution in [0.5, 0.6) is 0 Å². The molecular formula is C27H28N4O4S. The largest absolute Gasteiger partial charge is 0.370 e. The first-order chi connectivity index (χ1) is 17.3. The van der Waals surface area contributed by atoms with Crippen molar-refractivity contribution in [3.05, 3.63) is 82.6 Å². The van der Waals surface area contributed by atoms with Gasteiger partial charge >= 0.3 is 0 Å². The highest BCUT2D eigenvalue weighted by molar-refractivity contribution is 7.10. The fraction of sp³-hybridized carbons (Fsp3) is 0.259. The van der Waals surface area contributed by atoms with Crippen LogP contribution in [0.15, 0.2) is 72.1 Å². The lowest BCUT2D eigenvalue weighted by Crippen LogP contribution is -2.55. The topological polar surface area (TPSA) is 144 Å². The van der Waals surface area contributed by atoms with E-state index in [2.05, 4.69) is 10.6 Å². The van der Waals surface area contributed by atoms with Crippen molar-refractivity contribution in [2.45, 2.75) is 43.2 Å². The van der Waals surface area contributed by atoms with E-state index in [0.717, 1.165) is 21.6 Å². The fourth-order valence-electron chi connectivity index (χ4n) is 4.30. The molecule has 1 heterocycles. The molecule has 1 aliphatic rings. The first-order valence-electron chi connectivity index (χ1n) is 11.7. The summed E-state index contributed by atoms with van der Waals surface area (Å²) in [6.45, 7) is 0. The van der Waals surface area contributed by atoms with Crippen LogP contribution in [-0.4, -0.2) is 35.2 Å². The molecule has 3 aromatic rings. The van der Waals surface area contributed by atoms with E-state index < -0.39 is 35.2 Å². The lowest BCUT2D eigenvalue weighted by Gasteiger charge is -2.23. The second-order valence-corrected chi connectivity index (χ2v) is 9.93. The molecule has 36 heavy (non-hydrogen) atoms. The van der Waals surface area contributed by atoms with Gasteiger partial charge in [0.1, 0.15) is 11.6 Å². The molecule has 1 aromatic heterocycles. The molecule has 8 nitrogen and oxygen atoms in total. The average molecular weight is 505 g/mol. The molecule has 9 heteroatoms. The van der Waals surface area contributed by atoms with Crippen molar-refractivity contribution in [1.29, 1.82) is 0 Å².